The third-order valence-corrected chi connectivity index (χ3v) is 3.53. The first-order chi connectivity index (χ1) is 9.17. The van der Waals surface area contributed by atoms with Crippen molar-refractivity contribution in [2.75, 3.05) is 17.7 Å². The molecule has 2 rings (SSSR count). The summed E-state index contributed by atoms with van der Waals surface area (Å²) >= 11 is 0. The second-order valence-corrected chi connectivity index (χ2v) is 4.92. The van der Waals surface area contributed by atoms with Crippen LogP contribution < -0.4 is 16.4 Å². The van der Waals surface area contributed by atoms with E-state index < -0.39 is 6.03 Å². The maximum atomic E-state index is 10.7. The highest BCUT2D eigenvalue weighted by Gasteiger charge is 2.20. The highest BCUT2D eigenvalue weighted by Crippen LogP contribution is 2.24. The van der Waals surface area contributed by atoms with Crippen LogP contribution in [0.3, 0.4) is 0 Å². The van der Waals surface area contributed by atoms with Crippen molar-refractivity contribution in [1.82, 2.24) is 0 Å². The summed E-state index contributed by atoms with van der Waals surface area (Å²) in [5, 5.41) is 6.05. The van der Waals surface area contributed by atoms with Crippen molar-refractivity contribution >= 4 is 17.4 Å². The molecular weight excluding hydrogens is 242 g/mol. The van der Waals surface area contributed by atoms with Crippen molar-refractivity contribution in [3.8, 4) is 0 Å². The van der Waals surface area contributed by atoms with Gasteiger partial charge in [0.1, 0.15) is 0 Å². The van der Waals surface area contributed by atoms with Gasteiger partial charge in [-0.25, -0.2) is 4.79 Å². The van der Waals surface area contributed by atoms with Gasteiger partial charge in [0.05, 0.1) is 6.10 Å². The zero-order chi connectivity index (χ0) is 13.7. The fraction of sp³-hybridized carbons (Fsp3) is 0.500. The van der Waals surface area contributed by atoms with Crippen LogP contribution in [0.2, 0.25) is 0 Å². The molecule has 1 aliphatic rings. The number of carbonyl (C=O) groups is 1. The first-order valence-corrected chi connectivity index (χ1v) is 6.63. The molecule has 2 amide bonds. The Labute approximate surface area is 113 Å². The van der Waals surface area contributed by atoms with Crippen LogP contribution in [-0.2, 0) is 4.74 Å². The molecule has 0 bridgehead atoms. The molecule has 1 aliphatic carbocycles. The molecule has 0 spiro atoms. The van der Waals surface area contributed by atoms with Gasteiger partial charge in [-0.3, -0.25) is 0 Å². The van der Waals surface area contributed by atoms with E-state index in [0.29, 0.717) is 17.8 Å². The molecule has 5 nitrogen and oxygen atoms in total. The SMILES string of the molecule is COC1CCC(Nc2ccc(NC(N)=O)cc2)CC1. The van der Waals surface area contributed by atoms with E-state index >= 15 is 0 Å². The van der Waals surface area contributed by atoms with Gasteiger partial charge in [0, 0.05) is 24.5 Å². The lowest BCUT2D eigenvalue weighted by Gasteiger charge is -2.28. The summed E-state index contributed by atoms with van der Waals surface area (Å²) < 4.78 is 5.36. The molecule has 1 aromatic rings. The van der Waals surface area contributed by atoms with E-state index in [-0.39, 0.29) is 0 Å². The third kappa shape index (κ3) is 4.13. The molecule has 1 aromatic carbocycles. The minimum Gasteiger partial charge on any atom is -0.382 e. The van der Waals surface area contributed by atoms with Gasteiger partial charge >= 0.3 is 6.03 Å². The van der Waals surface area contributed by atoms with Crippen LogP contribution in [0.1, 0.15) is 25.7 Å². The van der Waals surface area contributed by atoms with Crippen molar-refractivity contribution in [3.63, 3.8) is 0 Å². The molecule has 0 saturated heterocycles. The van der Waals surface area contributed by atoms with Gasteiger partial charge in [0.15, 0.2) is 0 Å². The van der Waals surface area contributed by atoms with Gasteiger partial charge < -0.3 is 21.1 Å². The predicted octanol–water partition coefficient (Wildman–Crippen LogP) is 2.55. The van der Waals surface area contributed by atoms with Gasteiger partial charge in [-0.1, -0.05) is 0 Å². The Kier molecular flexibility index (Phi) is 4.63. The standard InChI is InChI=1S/C14H21N3O2/c1-19-13-8-6-11(7-9-13)16-10-2-4-12(5-3-10)17-14(15)18/h2-5,11,13,16H,6-9H2,1H3,(H3,15,17,18). The van der Waals surface area contributed by atoms with E-state index in [1.54, 1.807) is 7.11 Å². The molecule has 0 unspecified atom stereocenters. The summed E-state index contributed by atoms with van der Waals surface area (Å²) in [6.07, 6.45) is 4.88. The Morgan fingerprint density at radius 1 is 1.16 bits per heavy atom. The average molecular weight is 263 g/mol. The highest BCUT2D eigenvalue weighted by molar-refractivity contribution is 5.87. The van der Waals surface area contributed by atoms with Crippen molar-refractivity contribution in [2.24, 2.45) is 5.73 Å². The quantitative estimate of drug-likeness (QED) is 0.781. The average Bonchev–Trinajstić information content (AvgIpc) is 2.41. The zero-order valence-corrected chi connectivity index (χ0v) is 11.2. The highest BCUT2D eigenvalue weighted by atomic mass is 16.5. The minimum absolute atomic E-state index is 0.417. The van der Waals surface area contributed by atoms with E-state index in [0.717, 1.165) is 31.4 Å². The van der Waals surface area contributed by atoms with Crippen LogP contribution in [0.4, 0.5) is 16.2 Å². The summed E-state index contributed by atoms with van der Waals surface area (Å²) in [6, 6.07) is 7.54. The number of hydrogen-bond acceptors (Lipinski definition) is 3. The van der Waals surface area contributed by atoms with Crippen LogP contribution in [0.5, 0.6) is 0 Å². The number of anilines is 2. The van der Waals surface area contributed by atoms with Gasteiger partial charge in [-0.2, -0.15) is 0 Å². The van der Waals surface area contributed by atoms with Crippen molar-refractivity contribution in [1.29, 1.82) is 0 Å². The van der Waals surface area contributed by atoms with Crippen LogP contribution in [0, 0.1) is 0 Å². The maximum Gasteiger partial charge on any atom is 0.316 e. The lowest BCUT2D eigenvalue weighted by Crippen LogP contribution is -2.29. The lowest BCUT2D eigenvalue weighted by atomic mass is 9.93. The molecule has 0 atom stereocenters. The van der Waals surface area contributed by atoms with Gasteiger partial charge in [0.25, 0.3) is 0 Å². The molecular formula is C14H21N3O2. The Balaban J connectivity index is 1.84. The number of benzene rings is 1. The first kappa shape index (κ1) is 13.7. The van der Waals surface area contributed by atoms with E-state index in [1.165, 1.54) is 0 Å². The number of urea groups is 1. The predicted molar refractivity (Wildman–Crippen MR) is 76.3 cm³/mol. The summed E-state index contributed by atoms with van der Waals surface area (Å²) in [5.41, 5.74) is 6.84. The molecule has 0 radical (unpaired) electrons. The van der Waals surface area contributed by atoms with Crippen molar-refractivity contribution < 1.29 is 9.53 Å². The second-order valence-electron chi connectivity index (χ2n) is 4.92. The number of amides is 2. The van der Waals surface area contributed by atoms with Crippen LogP contribution in [0.25, 0.3) is 0 Å². The monoisotopic (exact) mass is 263 g/mol. The number of nitrogens with two attached hydrogens (primary N) is 1. The minimum atomic E-state index is -0.543. The molecule has 0 heterocycles. The lowest BCUT2D eigenvalue weighted by molar-refractivity contribution is 0.0682. The number of hydrogen-bond donors (Lipinski definition) is 3. The first-order valence-electron chi connectivity index (χ1n) is 6.63. The molecule has 1 fully saturated rings. The van der Waals surface area contributed by atoms with E-state index in [2.05, 4.69) is 10.6 Å². The summed E-state index contributed by atoms with van der Waals surface area (Å²) in [7, 11) is 1.78. The largest absolute Gasteiger partial charge is 0.382 e. The van der Waals surface area contributed by atoms with E-state index in [4.69, 9.17) is 10.5 Å². The summed E-state index contributed by atoms with van der Waals surface area (Å²) in [5.74, 6) is 0. The number of methoxy groups -OCH3 is 1. The topological polar surface area (TPSA) is 76.4 Å². The maximum absolute atomic E-state index is 10.7. The summed E-state index contributed by atoms with van der Waals surface area (Å²) in [4.78, 5) is 10.7. The van der Waals surface area contributed by atoms with Gasteiger partial charge in [-0.05, 0) is 49.9 Å². The van der Waals surface area contributed by atoms with Crippen LogP contribution in [-0.4, -0.2) is 25.3 Å². The van der Waals surface area contributed by atoms with Gasteiger partial charge in [-0.15, -0.1) is 0 Å². The van der Waals surface area contributed by atoms with E-state index in [1.807, 2.05) is 24.3 Å². The van der Waals surface area contributed by atoms with Crippen LogP contribution >= 0.6 is 0 Å². The second kappa shape index (κ2) is 6.43. The molecule has 104 valence electrons. The number of nitrogens with one attached hydrogen (secondary N) is 2. The molecule has 19 heavy (non-hydrogen) atoms. The van der Waals surface area contributed by atoms with Crippen molar-refractivity contribution in [2.45, 2.75) is 37.8 Å². The Hall–Kier alpha value is -1.75. The third-order valence-electron chi connectivity index (χ3n) is 3.53. The van der Waals surface area contributed by atoms with Crippen LogP contribution in [0.15, 0.2) is 24.3 Å². The zero-order valence-electron chi connectivity index (χ0n) is 11.2. The Morgan fingerprint density at radius 3 is 2.26 bits per heavy atom. The molecule has 4 N–H and O–H groups in total. The fourth-order valence-electron chi connectivity index (χ4n) is 2.47. The smallest absolute Gasteiger partial charge is 0.316 e. The van der Waals surface area contributed by atoms with E-state index in [9.17, 15) is 4.79 Å². The Bertz CT molecular complexity index is 411. The molecule has 5 heteroatoms. The number of primary amides is 1. The van der Waals surface area contributed by atoms with Crippen molar-refractivity contribution in [3.05, 3.63) is 24.3 Å². The normalized spacial score (nSPS) is 22.8. The van der Waals surface area contributed by atoms with Gasteiger partial charge in [0.2, 0.25) is 0 Å². The number of carbonyl (C=O) groups excluding carboxylic acids is 1. The number of ether oxygens (including phenoxy) is 1. The summed E-state index contributed by atoms with van der Waals surface area (Å²) in [6.45, 7) is 0. The molecule has 1 saturated carbocycles. The molecule has 0 aliphatic heterocycles. The Morgan fingerprint density at radius 2 is 1.74 bits per heavy atom. The number of rotatable bonds is 4. The molecule has 0 aromatic heterocycles. The fourth-order valence-corrected chi connectivity index (χ4v) is 2.47.